The third-order valence-electron chi connectivity index (χ3n) is 3.42. The zero-order valence-electron chi connectivity index (χ0n) is 11.9. The van der Waals surface area contributed by atoms with E-state index < -0.39 is 5.54 Å². The first-order valence-electron chi connectivity index (χ1n) is 6.37. The molecule has 0 unspecified atom stereocenters. The Morgan fingerprint density at radius 1 is 1.29 bits per heavy atom. The van der Waals surface area contributed by atoms with E-state index >= 15 is 0 Å². The number of carbonyl (C=O) groups excluding carboxylic acids is 1. The Labute approximate surface area is 105 Å². The smallest absolute Gasteiger partial charge is 0.240 e. The molecule has 4 heteroatoms. The van der Waals surface area contributed by atoms with Crippen LogP contribution in [0, 0.1) is 5.41 Å². The van der Waals surface area contributed by atoms with Crippen LogP contribution in [0.15, 0.2) is 0 Å². The van der Waals surface area contributed by atoms with Gasteiger partial charge in [-0.05, 0) is 24.7 Å². The molecule has 0 aliphatic carbocycles. The van der Waals surface area contributed by atoms with E-state index in [0.29, 0.717) is 26.0 Å². The van der Waals surface area contributed by atoms with Crippen LogP contribution in [0.4, 0.5) is 0 Å². The molecule has 0 radical (unpaired) electrons. The van der Waals surface area contributed by atoms with E-state index in [4.69, 9.17) is 10.5 Å². The van der Waals surface area contributed by atoms with Gasteiger partial charge in [-0.1, -0.05) is 27.7 Å². The number of rotatable bonds is 8. The fourth-order valence-corrected chi connectivity index (χ4v) is 1.53. The molecule has 0 atom stereocenters. The van der Waals surface area contributed by atoms with Gasteiger partial charge in [-0.2, -0.15) is 0 Å². The number of carbonyl (C=O) groups is 1. The molecule has 0 bridgehead atoms. The van der Waals surface area contributed by atoms with Gasteiger partial charge in [-0.3, -0.25) is 4.79 Å². The molecule has 0 saturated heterocycles. The van der Waals surface area contributed by atoms with E-state index in [9.17, 15) is 4.79 Å². The zero-order valence-corrected chi connectivity index (χ0v) is 11.9. The maximum atomic E-state index is 12.0. The summed E-state index contributed by atoms with van der Waals surface area (Å²) >= 11 is 0. The minimum Gasteiger partial charge on any atom is -0.385 e. The lowest BCUT2D eigenvalue weighted by molar-refractivity contribution is -0.127. The molecule has 0 heterocycles. The average Bonchev–Trinajstić information content (AvgIpc) is 2.32. The minimum atomic E-state index is -0.725. The molecular formula is C13H28N2O2. The van der Waals surface area contributed by atoms with E-state index in [0.717, 1.165) is 6.42 Å². The van der Waals surface area contributed by atoms with Crippen molar-refractivity contribution < 1.29 is 9.53 Å². The monoisotopic (exact) mass is 244 g/mol. The molecule has 0 fully saturated rings. The molecule has 102 valence electrons. The maximum Gasteiger partial charge on any atom is 0.240 e. The van der Waals surface area contributed by atoms with Crippen LogP contribution in [0.3, 0.4) is 0 Å². The van der Waals surface area contributed by atoms with Crippen molar-refractivity contribution >= 4 is 5.91 Å². The molecule has 4 nitrogen and oxygen atoms in total. The number of nitrogens with two attached hydrogens (primary N) is 1. The lowest BCUT2D eigenvalue weighted by Gasteiger charge is -2.29. The van der Waals surface area contributed by atoms with Crippen LogP contribution >= 0.6 is 0 Å². The Kier molecular flexibility index (Phi) is 6.72. The van der Waals surface area contributed by atoms with E-state index in [1.165, 1.54) is 0 Å². The molecule has 0 aliphatic rings. The maximum absolute atomic E-state index is 12.0. The second-order valence-electron chi connectivity index (χ2n) is 5.45. The fourth-order valence-electron chi connectivity index (χ4n) is 1.53. The molecule has 0 rings (SSSR count). The van der Waals surface area contributed by atoms with E-state index in [-0.39, 0.29) is 11.3 Å². The SMILES string of the molecule is CCC(N)(CC)C(=O)NCC(C)(C)CCOC. The summed E-state index contributed by atoms with van der Waals surface area (Å²) in [6.45, 7) is 9.45. The van der Waals surface area contributed by atoms with Gasteiger partial charge in [0.1, 0.15) is 0 Å². The molecular weight excluding hydrogens is 216 g/mol. The Hall–Kier alpha value is -0.610. The molecule has 0 aliphatic heterocycles. The number of nitrogens with one attached hydrogen (secondary N) is 1. The Morgan fingerprint density at radius 3 is 2.24 bits per heavy atom. The van der Waals surface area contributed by atoms with Crippen LogP contribution in [0.5, 0.6) is 0 Å². The number of ether oxygens (including phenoxy) is 1. The summed E-state index contributed by atoms with van der Waals surface area (Å²) in [6.07, 6.45) is 2.24. The van der Waals surface area contributed by atoms with Crippen LogP contribution in [0.1, 0.15) is 47.0 Å². The van der Waals surface area contributed by atoms with Crippen molar-refractivity contribution in [3.05, 3.63) is 0 Å². The van der Waals surface area contributed by atoms with Gasteiger partial charge in [0.25, 0.3) is 0 Å². The molecule has 0 aromatic heterocycles. The summed E-state index contributed by atoms with van der Waals surface area (Å²) in [5.74, 6) is -0.0482. The van der Waals surface area contributed by atoms with Crippen molar-refractivity contribution in [3.8, 4) is 0 Å². The number of amides is 1. The van der Waals surface area contributed by atoms with Crippen LogP contribution in [-0.4, -0.2) is 31.7 Å². The fraction of sp³-hybridized carbons (Fsp3) is 0.923. The van der Waals surface area contributed by atoms with Crippen LogP contribution in [-0.2, 0) is 9.53 Å². The normalized spacial score (nSPS) is 12.6. The number of hydrogen-bond donors (Lipinski definition) is 2. The van der Waals surface area contributed by atoms with Crippen LogP contribution in [0.2, 0.25) is 0 Å². The Balaban J connectivity index is 4.23. The lowest BCUT2D eigenvalue weighted by atomic mass is 9.88. The van der Waals surface area contributed by atoms with Crippen LogP contribution < -0.4 is 11.1 Å². The molecule has 0 aromatic carbocycles. The van der Waals surface area contributed by atoms with Gasteiger partial charge in [0.05, 0.1) is 5.54 Å². The second kappa shape index (κ2) is 6.97. The topological polar surface area (TPSA) is 64.4 Å². The summed E-state index contributed by atoms with van der Waals surface area (Å²) in [5.41, 5.74) is 5.34. The van der Waals surface area contributed by atoms with E-state index in [1.54, 1.807) is 7.11 Å². The first-order chi connectivity index (χ1) is 7.81. The predicted octanol–water partition coefficient (Wildman–Crippen LogP) is 1.68. The van der Waals surface area contributed by atoms with Gasteiger partial charge in [0.15, 0.2) is 0 Å². The van der Waals surface area contributed by atoms with E-state index in [1.807, 2.05) is 13.8 Å². The van der Waals surface area contributed by atoms with Crippen molar-refractivity contribution in [2.45, 2.75) is 52.5 Å². The summed E-state index contributed by atoms with van der Waals surface area (Å²) in [4.78, 5) is 12.0. The van der Waals surface area contributed by atoms with Gasteiger partial charge in [-0.25, -0.2) is 0 Å². The summed E-state index contributed by atoms with van der Waals surface area (Å²) < 4.78 is 5.06. The lowest BCUT2D eigenvalue weighted by Crippen LogP contribution is -2.54. The second-order valence-corrected chi connectivity index (χ2v) is 5.45. The van der Waals surface area contributed by atoms with Crippen molar-refractivity contribution in [3.63, 3.8) is 0 Å². The number of methoxy groups -OCH3 is 1. The molecule has 0 aromatic rings. The minimum absolute atomic E-state index is 0.0358. The highest BCUT2D eigenvalue weighted by Crippen LogP contribution is 2.19. The quantitative estimate of drug-likeness (QED) is 0.683. The summed E-state index contributed by atoms with van der Waals surface area (Å²) in [7, 11) is 1.69. The van der Waals surface area contributed by atoms with Gasteiger partial charge < -0.3 is 15.8 Å². The zero-order chi connectivity index (χ0) is 13.5. The Bertz CT molecular complexity index is 236. The molecule has 17 heavy (non-hydrogen) atoms. The third-order valence-corrected chi connectivity index (χ3v) is 3.42. The third kappa shape index (κ3) is 5.50. The first kappa shape index (κ1) is 16.4. The van der Waals surface area contributed by atoms with Crippen molar-refractivity contribution in [2.75, 3.05) is 20.3 Å². The standard InChI is InChI=1S/C13H28N2O2/c1-6-13(14,7-2)11(16)15-10-12(3,4)8-9-17-5/h6-10,14H2,1-5H3,(H,15,16). The molecule has 3 N–H and O–H groups in total. The highest BCUT2D eigenvalue weighted by atomic mass is 16.5. The van der Waals surface area contributed by atoms with Crippen molar-refractivity contribution in [1.29, 1.82) is 0 Å². The molecule has 0 spiro atoms. The number of hydrogen-bond acceptors (Lipinski definition) is 3. The van der Waals surface area contributed by atoms with Crippen molar-refractivity contribution in [2.24, 2.45) is 11.1 Å². The van der Waals surface area contributed by atoms with Crippen molar-refractivity contribution in [1.82, 2.24) is 5.32 Å². The van der Waals surface area contributed by atoms with Gasteiger partial charge in [0.2, 0.25) is 5.91 Å². The van der Waals surface area contributed by atoms with Gasteiger partial charge >= 0.3 is 0 Å². The van der Waals surface area contributed by atoms with Crippen LogP contribution in [0.25, 0.3) is 0 Å². The molecule has 0 saturated carbocycles. The highest BCUT2D eigenvalue weighted by Gasteiger charge is 2.30. The first-order valence-corrected chi connectivity index (χ1v) is 6.37. The summed E-state index contributed by atoms with van der Waals surface area (Å²) in [6, 6.07) is 0. The van der Waals surface area contributed by atoms with Gasteiger partial charge in [0, 0.05) is 20.3 Å². The predicted molar refractivity (Wildman–Crippen MR) is 70.8 cm³/mol. The summed E-state index contributed by atoms with van der Waals surface area (Å²) in [5, 5.41) is 2.95. The highest BCUT2D eigenvalue weighted by molar-refractivity contribution is 5.85. The van der Waals surface area contributed by atoms with Gasteiger partial charge in [-0.15, -0.1) is 0 Å². The average molecular weight is 244 g/mol. The van der Waals surface area contributed by atoms with E-state index in [2.05, 4.69) is 19.2 Å². The molecule has 1 amide bonds. The Morgan fingerprint density at radius 2 is 1.82 bits per heavy atom. The largest absolute Gasteiger partial charge is 0.385 e.